The van der Waals surface area contributed by atoms with E-state index in [1.165, 1.54) is 33.1 Å². The van der Waals surface area contributed by atoms with Crippen LogP contribution in [-0.2, 0) is 52.3 Å². The number of fused-ring (bicyclic) bond motifs is 6. The quantitative estimate of drug-likeness (QED) is 0.0819. The van der Waals surface area contributed by atoms with E-state index in [2.05, 4.69) is 0 Å². The van der Waals surface area contributed by atoms with Crippen LogP contribution in [0.2, 0.25) is 0 Å². The number of esters is 4. The normalized spacial score (nSPS) is 37.1. The van der Waals surface area contributed by atoms with Crippen molar-refractivity contribution >= 4 is 23.9 Å². The van der Waals surface area contributed by atoms with Crippen LogP contribution in [-0.4, -0.2) is 118 Å². The molecule has 4 aliphatic rings. The summed E-state index contributed by atoms with van der Waals surface area (Å²) in [7, 11) is 1.19. The molecule has 0 radical (unpaired) electrons. The molecule has 4 N–H and O–H groups in total. The molecule has 4 rings (SSSR count). The van der Waals surface area contributed by atoms with Crippen molar-refractivity contribution in [1.29, 1.82) is 0 Å². The third kappa shape index (κ3) is 12.7. The van der Waals surface area contributed by atoms with Crippen LogP contribution in [0, 0.1) is 10.8 Å². The minimum atomic E-state index is -2.38. The predicted octanol–water partition coefficient (Wildman–Crippen LogP) is 5.13. The molecule has 4 aliphatic heterocycles. The average molecular weight is 861 g/mol. The van der Waals surface area contributed by atoms with Gasteiger partial charge in [0.25, 0.3) is 0 Å². The first kappa shape index (κ1) is 50.0. The second kappa shape index (κ2) is 21.1. The number of methoxy groups -OCH3 is 1. The molecule has 0 aliphatic carbocycles. The first-order valence-corrected chi connectivity index (χ1v) is 21.4. The average Bonchev–Trinajstić information content (AvgIpc) is 3.16. The van der Waals surface area contributed by atoms with Crippen LogP contribution < -0.4 is 0 Å². The number of hydrogen-bond acceptors (Lipinski definition) is 15. The monoisotopic (exact) mass is 860 g/mol. The van der Waals surface area contributed by atoms with Crippen molar-refractivity contribution in [3.8, 4) is 0 Å². The van der Waals surface area contributed by atoms with Gasteiger partial charge in [-0.05, 0) is 45.1 Å². The fourth-order valence-electron chi connectivity index (χ4n) is 8.47. The molecule has 6 bridgehead atoms. The van der Waals surface area contributed by atoms with E-state index in [4.69, 9.17) is 33.2 Å². The van der Waals surface area contributed by atoms with Crippen LogP contribution in [0.15, 0.2) is 59.8 Å². The Labute approximate surface area is 359 Å². The third-order valence-electron chi connectivity index (χ3n) is 12.3. The Morgan fingerprint density at radius 1 is 0.951 bits per heavy atom. The predicted molar refractivity (Wildman–Crippen MR) is 222 cm³/mol. The van der Waals surface area contributed by atoms with Crippen molar-refractivity contribution in [3.63, 3.8) is 0 Å². The van der Waals surface area contributed by atoms with Gasteiger partial charge in [-0.15, -0.1) is 0 Å². The zero-order chi connectivity index (χ0) is 45.3. The molecule has 0 aromatic carbocycles. The lowest BCUT2D eigenvalue weighted by atomic mass is 9.70. The van der Waals surface area contributed by atoms with Crippen LogP contribution >= 0.6 is 0 Å². The number of hydrogen-bond donors (Lipinski definition) is 4. The number of unbranched alkanes of at least 4 members (excludes halogenated alkanes) is 1. The smallest absolute Gasteiger partial charge is 0.331 e. The molecule has 3 saturated heterocycles. The van der Waals surface area contributed by atoms with Crippen molar-refractivity contribution in [3.05, 3.63) is 59.8 Å². The van der Waals surface area contributed by atoms with Gasteiger partial charge < -0.3 is 53.6 Å². The van der Waals surface area contributed by atoms with Gasteiger partial charge in [-0.3, -0.25) is 9.59 Å². The zero-order valence-electron chi connectivity index (χ0n) is 37.2. The number of carbonyl (C=O) groups excluding carboxylic acids is 4. The van der Waals surface area contributed by atoms with E-state index >= 15 is 0 Å². The summed E-state index contributed by atoms with van der Waals surface area (Å²) in [5.41, 5.74) is -1.38. The van der Waals surface area contributed by atoms with E-state index in [1.54, 1.807) is 45.9 Å². The van der Waals surface area contributed by atoms with Gasteiger partial charge in [0.05, 0.1) is 55.6 Å². The van der Waals surface area contributed by atoms with Crippen LogP contribution in [0.25, 0.3) is 0 Å². The number of aliphatic hydroxyl groups is 4. The molecular weight excluding hydrogens is 792 g/mol. The maximum atomic E-state index is 13.4. The highest BCUT2D eigenvalue weighted by molar-refractivity contribution is 5.84. The molecule has 3 fully saturated rings. The Hall–Kier alpha value is -3.70. The Bertz CT molecular complexity index is 1710. The minimum Gasteiger partial charge on any atom is -0.466 e. The zero-order valence-corrected chi connectivity index (χ0v) is 37.2. The first-order valence-electron chi connectivity index (χ1n) is 21.4. The summed E-state index contributed by atoms with van der Waals surface area (Å²) in [5, 5.41) is 47.4. The van der Waals surface area contributed by atoms with Gasteiger partial charge in [0.15, 0.2) is 11.9 Å². The highest BCUT2D eigenvalue weighted by atomic mass is 16.7. The van der Waals surface area contributed by atoms with Gasteiger partial charge >= 0.3 is 23.9 Å². The van der Waals surface area contributed by atoms with Crippen LogP contribution in [0.4, 0.5) is 0 Å². The molecule has 11 atom stereocenters. The number of cyclic esters (lactones) is 1. The van der Waals surface area contributed by atoms with Gasteiger partial charge in [-0.2, -0.15) is 0 Å². The molecule has 0 saturated carbocycles. The Morgan fingerprint density at radius 3 is 2.31 bits per heavy atom. The summed E-state index contributed by atoms with van der Waals surface area (Å²) in [4.78, 5) is 51.9. The maximum Gasteiger partial charge on any atom is 0.331 e. The molecular formula is C46H68O15. The molecule has 4 unspecified atom stereocenters. The number of carbonyl (C=O) groups is 4. The largest absolute Gasteiger partial charge is 0.466 e. The molecule has 0 spiro atoms. The van der Waals surface area contributed by atoms with Crippen molar-refractivity contribution in [2.45, 2.75) is 186 Å². The van der Waals surface area contributed by atoms with Crippen LogP contribution in [0.3, 0.4) is 0 Å². The summed E-state index contributed by atoms with van der Waals surface area (Å²) in [5.74, 6) is -7.32. The van der Waals surface area contributed by atoms with E-state index in [-0.39, 0.29) is 37.7 Å². The van der Waals surface area contributed by atoms with Crippen LogP contribution in [0.1, 0.15) is 120 Å². The summed E-state index contributed by atoms with van der Waals surface area (Å²) < 4.78 is 41.9. The fourth-order valence-corrected chi connectivity index (χ4v) is 8.47. The summed E-state index contributed by atoms with van der Waals surface area (Å²) >= 11 is 0. The minimum absolute atomic E-state index is 0.0524. The number of ether oxygens (including phenoxy) is 7. The van der Waals surface area contributed by atoms with Crippen molar-refractivity contribution < 1.29 is 72.8 Å². The van der Waals surface area contributed by atoms with E-state index in [9.17, 15) is 39.6 Å². The molecule has 15 heteroatoms. The second-order valence-electron chi connectivity index (χ2n) is 17.9. The van der Waals surface area contributed by atoms with Crippen molar-refractivity contribution in [2.24, 2.45) is 10.8 Å². The lowest BCUT2D eigenvalue weighted by molar-refractivity contribution is -0.348. The van der Waals surface area contributed by atoms with Gasteiger partial charge in [-0.25, -0.2) is 9.59 Å². The highest BCUT2D eigenvalue weighted by Crippen LogP contribution is 2.50. The molecule has 4 heterocycles. The van der Waals surface area contributed by atoms with Gasteiger partial charge in [0, 0.05) is 50.2 Å². The Morgan fingerprint density at radius 2 is 1.67 bits per heavy atom. The summed E-state index contributed by atoms with van der Waals surface area (Å²) in [6.45, 7) is 13.4. The Balaban J connectivity index is 1.84. The van der Waals surface area contributed by atoms with Gasteiger partial charge in [0.1, 0.15) is 12.2 Å². The molecule has 0 amide bonds. The van der Waals surface area contributed by atoms with E-state index in [1.807, 2.05) is 26.0 Å². The van der Waals surface area contributed by atoms with E-state index < -0.39 is 108 Å². The van der Waals surface area contributed by atoms with E-state index in [0.29, 0.717) is 12.8 Å². The lowest BCUT2D eigenvalue weighted by Gasteiger charge is -2.53. The van der Waals surface area contributed by atoms with E-state index in [0.717, 1.165) is 24.5 Å². The second-order valence-corrected chi connectivity index (χ2v) is 17.9. The number of aliphatic hydroxyl groups excluding tert-OH is 2. The molecule has 0 aromatic rings. The standard InChI is InChI=1S/C46H68O15/c1-10-12-13-14-15-16-39(50)59-42-31(22-40(51)55-9)21-34-25-37(28(3)47)58-41(52)24-32(49)23-35-26-38(56-29(4)48)44(7,8)45(53,60-35)27-36-20-30(11-2)19-33(57-36)17-18-43(5,6)46(42,54)61-34/h11,13-18,22,28,32-38,42,47,49,53-54H,10,12,19-21,23-27H2,1-9H3/b14-13+,16-15+,18-17+,30-11+,31-22+/t28-,32-,33?,34?,35-,36?,37?,38+,42+,45+,46-/m1/s1. The maximum absolute atomic E-state index is 13.4. The topological polar surface area (TPSA) is 214 Å². The van der Waals surface area contributed by atoms with Crippen molar-refractivity contribution in [1.82, 2.24) is 0 Å². The van der Waals surface area contributed by atoms with Gasteiger partial charge in [-0.1, -0.05) is 83.1 Å². The molecule has 0 aromatic heterocycles. The number of allylic oxidation sites excluding steroid dienone is 4. The Kier molecular flexibility index (Phi) is 17.3. The summed E-state index contributed by atoms with van der Waals surface area (Å²) in [6.07, 6.45) is 5.44. The molecule has 15 nitrogen and oxygen atoms in total. The van der Waals surface area contributed by atoms with Gasteiger partial charge in [0.2, 0.25) is 5.79 Å². The molecule has 61 heavy (non-hydrogen) atoms. The lowest BCUT2D eigenvalue weighted by Crippen LogP contribution is -2.62. The number of rotatable bonds is 8. The van der Waals surface area contributed by atoms with Crippen molar-refractivity contribution in [2.75, 3.05) is 7.11 Å². The van der Waals surface area contributed by atoms with Crippen LogP contribution in [0.5, 0.6) is 0 Å². The first-order chi connectivity index (χ1) is 28.6. The summed E-state index contributed by atoms with van der Waals surface area (Å²) in [6, 6.07) is 0. The third-order valence-corrected chi connectivity index (χ3v) is 12.3. The molecule has 342 valence electrons. The fraction of sp³-hybridized carbons (Fsp3) is 0.696. The SMILES string of the molecule is C/C=C1\CC2/C=C/C(C)(C)[C@]3(O)OC(C/C(=C\C(=O)OC)[C@@H]3OC(=O)/C=C/C=C/CCC)CC([C@@H](C)O)OC(=O)C[C@H](O)C[C@@H]3C[C@H](OC(C)=O)C(C)(C)[C@](O)(CC(C1)O2)O3. The highest BCUT2D eigenvalue weighted by Gasteiger charge is 2.59.